The van der Waals surface area contributed by atoms with E-state index in [2.05, 4.69) is 0 Å². The number of likely N-dealkylation sites (tertiary alicyclic amines) is 1. The molecular weight excluding hydrogens is 186 g/mol. The molecule has 6 heteroatoms. The van der Waals surface area contributed by atoms with E-state index >= 15 is 0 Å². The molecule has 1 unspecified atom stereocenters. The van der Waals surface area contributed by atoms with Crippen LogP contribution in [-0.4, -0.2) is 47.2 Å². The average Bonchev–Trinajstić information content (AvgIpc) is 2.49. The zero-order valence-corrected chi connectivity index (χ0v) is 8.06. The lowest BCUT2D eigenvalue weighted by Gasteiger charge is -2.21. The summed E-state index contributed by atoms with van der Waals surface area (Å²) in [4.78, 5) is 23.5. The number of hydrogen-bond acceptors (Lipinski definition) is 4. The normalized spacial score (nSPS) is 24.6. The molecule has 0 spiro atoms. The molecule has 1 heterocycles. The summed E-state index contributed by atoms with van der Waals surface area (Å²) in [6.45, 7) is 2.80. The van der Waals surface area contributed by atoms with Gasteiger partial charge in [-0.25, -0.2) is 4.79 Å². The van der Waals surface area contributed by atoms with Gasteiger partial charge < -0.3 is 10.8 Å². The van der Waals surface area contributed by atoms with Crippen LogP contribution in [0.2, 0.25) is 0 Å². The van der Waals surface area contributed by atoms with Crippen molar-refractivity contribution in [1.29, 1.82) is 0 Å². The summed E-state index contributed by atoms with van der Waals surface area (Å²) in [7, 11) is 0. The SMILES string of the molecule is CC(C(=O)NC(N)=O)N1CC[C@@H](O)C1. The number of urea groups is 1. The van der Waals surface area contributed by atoms with Gasteiger partial charge in [0.1, 0.15) is 0 Å². The largest absolute Gasteiger partial charge is 0.392 e. The lowest BCUT2D eigenvalue weighted by Crippen LogP contribution is -2.47. The molecule has 0 aromatic carbocycles. The molecule has 0 aromatic rings. The highest BCUT2D eigenvalue weighted by atomic mass is 16.3. The fourth-order valence-corrected chi connectivity index (χ4v) is 1.51. The molecule has 14 heavy (non-hydrogen) atoms. The molecule has 0 aliphatic carbocycles. The molecule has 3 amide bonds. The summed E-state index contributed by atoms with van der Waals surface area (Å²) < 4.78 is 0. The van der Waals surface area contributed by atoms with Gasteiger partial charge >= 0.3 is 6.03 Å². The van der Waals surface area contributed by atoms with E-state index in [0.717, 1.165) is 0 Å². The van der Waals surface area contributed by atoms with Crippen molar-refractivity contribution in [3.63, 3.8) is 0 Å². The van der Waals surface area contributed by atoms with Gasteiger partial charge in [0.05, 0.1) is 12.1 Å². The lowest BCUT2D eigenvalue weighted by molar-refractivity contribution is -0.124. The second-order valence-electron chi connectivity index (χ2n) is 3.47. The summed E-state index contributed by atoms with van der Waals surface area (Å²) in [5.74, 6) is -0.424. The first-order valence-corrected chi connectivity index (χ1v) is 4.53. The topological polar surface area (TPSA) is 95.7 Å². The van der Waals surface area contributed by atoms with Crippen LogP contribution < -0.4 is 11.1 Å². The van der Waals surface area contributed by atoms with Crippen molar-refractivity contribution in [2.24, 2.45) is 5.73 Å². The molecule has 1 saturated heterocycles. The minimum Gasteiger partial charge on any atom is -0.392 e. The van der Waals surface area contributed by atoms with Crippen LogP contribution >= 0.6 is 0 Å². The van der Waals surface area contributed by atoms with Crippen molar-refractivity contribution in [1.82, 2.24) is 10.2 Å². The second kappa shape index (κ2) is 4.39. The molecule has 4 N–H and O–H groups in total. The first-order chi connectivity index (χ1) is 6.50. The third-order valence-corrected chi connectivity index (χ3v) is 2.37. The molecule has 1 aliphatic heterocycles. The highest BCUT2D eigenvalue weighted by Gasteiger charge is 2.28. The van der Waals surface area contributed by atoms with Gasteiger partial charge in [0.15, 0.2) is 0 Å². The Balaban J connectivity index is 2.44. The Morgan fingerprint density at radius 2 is 2.29 bits per heavy atom. The van der Waals surface area contributed by atoms with Gasteiger partial charge in [-0.2, -0.15) is 0 Å². The van der Waals surface area contributed by atoms with Crippen molar-refractivity contribution >= 4 is 11.9 Å². The number of imide groups is 1. The van der Waals surface area contributed by atoms with E-state index in [1.807, 2.05) is 10.2 Å². The smallest absolute Gasteiger partial charge is 0.318 e. The maximum absolute atomic E-state index is 11.3. The first-order valence-electron chi connectivity index (χ1n) is 4.53. The average molecular weight is 201 g/mol. The first kappa shape index (κ1) is 10.9. The number of nitrogens with one attached hydrogen (secondary N) is 1. The van der Waals surface area contributed by atoms with E-state index in [4.69, 9.17) is 5.73 Å². The van der Waals surface area contributed by atoms with Gasteiger partial charge in [-0.3, -0.25) is 15.0 Å². The lowest BCUT2D eigenvalue weighted by atomic mass is 10.3. The monoisotopic (exact) mass is 201 g/mol. The summed E-state index contributed by atoms with van der Waals surface area (Å²) in [5.41, 5.74) is 4.82. The van der Waals surface area contributed by atoms with Crippen LogP contribution in [0.25, 0.3) is 0 Å². The number of aliphatic hydroxyl groups excluding tert-OH is 1. The molecule has 1 aliphatic rings. The molecule has 1 rings (SSSR count). The predicted molar refractivity (Wildman–Crippen MR) is 49.4 cm³/mol. The van der Waals surface area contributed by atoms with Crippen LogP contribution in [0.4, 0.5) is 4.79 Å². The van der Waals surface area contributed by atoms with Crippen LogP contribution in [0, 0.1) is 0 Å². The number of primary amides is 1. The Hall–Kier alpha value is -1.14. The third-order valence-electron chi connectivity index (χ3n) is 2.37. The van der Waals surface area contributed by atoms with Crippen LogP contribution in [-0.2, 0) is 4.79 Å². The maximum Gasteiger partial charge on any atom is 0.318 e. The van der Waals surface area contributed by atoms with Crippen LogP contribution in [0.1, 0.15) is 13.3 Å². The number of nitrogens with two attached hydrogens (primary N) is 1. The molecule has 0 radical (unpaired) electrons. The molecule has 6 nitrogen and oxygen atoms in total. The molecule has 80 valence electrons. The number of β-amino-alcohol motifs (C(OH)–C–C–N with tert-alkyl or cyclic N) is 1. The van der Waals surface area contributed by atoms with Crippen molar-refractivity contribution in [2.45, 2.75) is 25.5 Å². The molecule has 2 atom stereocenters. The molecule has 1 fully saturated rings. The van der Waals surface area contributed by atoms with E-state index in [1.54, 1.807) is 6.92 Å². The zero-order valence-electron chi connectivity index (χ0n) is 8.06. The number of nitrogens with zero attached hydrogens (tertiary/aromatic N) is 1. The molecule has 0 saturated carbocycles. The Kier molecular flexibility index (Phi) is 3.43. The quantitative estimate of drug-likeness (QED) is 0.514. The van der Waals surface area contributed by atoms with Crippen LogP contribution in [0.3, 0.4) is 0 Å². The number of aliphatic hydroxyl groups is 1. The van der Waals surface area contributed by atoms with Gasteiger partial charge in [-0.05, 0) is 13.3 Å². The molecule has 0 bridgehead atoms. The van der Waals surface area contributed by atoms with E-state index in [0.29, 0.717) is 19.5 Å². The number of carbonyl (C=O) groups excluding carboxylic acids is 2. The predicted octanol–water partition coefficient (Wildman–Crippen LogP) is -1.36. The Bertz CT molecular complexity index is 244. The number of carbonyl (C=O) groups is 2. The van der Waals surface area contributed by atoms with Gasteiger partial charge in [-0.1, -0.05) is 0 Å². The minimum atomic E-state index is -0.846. The third kappa shape index (κ3) is 2.68. The van der Waals surface area contributed by atoms with Crippen LogP contribution in [0.5, 0.6) is 0 Å². The Morgan fingerprint density at radius 3 is 2.71 bits per heavy atom. The highest BCUT2D eigenvalue weighted by molar-refractivity contribution is 5.96. The van der Waals surface area contributed by atoms with E-state index in [1.165, 1.54) is 0 Å². The number of rotatable bonds is 2. The van der Waals surface area contributed by atoms with Crippen molar-refractivity contribution in [3.05, 3.63) is 0 Å². The Labute approximate surface area is 82.1 Å². The fraction of sp³-hybridized carbons (Fsp3) is 0.750. The van der Waals surface area contributed by atoms with Crippen molar-refractivity contribution < 1.29 is 14.7 Å². The maximum atomic E-state index is 11.3. The Morgan fingerprint density at radius 1 is 1.64 bits per heavy atom. The van der Waals surface area contributed by atoms with Crippen molar-refractivity contribution in [2.75, 3.05) is 13.1 Å². The van der Waals surface area contributed by atoms with E-state index in [-0.39, 0.29) is 6.10 Å². The zero-order chi connectivity index (χ0) is 10.7. The molecule has 0 aromatic heterocycles. The van der Waals surface area contributed by atoms with Crippen molar-refractivity contribution in [3.8, 4) is 0 Å². The van der Waals surface area contributed by atoms with Gasteiger partial charge in [0, 0.05) is 13.1 Å². The van der Waals surface area contributed by atoms with Crippen LogP contribution in [0.15, 0.2) is 0 Å². The standard InChI is InChI=1S/C8H15N3O3/c1-5(7(13)10-8(9)14)11-3-2-6(12)4-11/h5-6,12H,2-4H2,1H3,(H3,9,10,13,14)/t5?,6-/m1/s1. The summed E-state index contributed by atoms with van der Waals surface area (Å²) in [6, 6.07) is -1.28. The van der Waals surface area contributed by atoms with Gasteiger partial charge in [-0.15, -0.1) is 0 Å². The van der Waals surface area contributed by atoms with E-state index in [9.17, 15) is 14.7 Å². The van der Waals surface area contributed by atoms with E-state index < -0.39 is 18.0 Å². The molecular formula is C8H15N3O3. The fourth-order valence-electron chi connectivity index (χ4n) is 1.51. The summed E-state index contributed by atoms with van der Waals surface area (Å²) in [6.07, 6.45) is 0.285. The highest BCUT2D eigenvalue weighted by Crippen LogP contribution is 2.12. The number of hydrogen-bond donors (Lipinski definition) is 3. The second-order valence-corrected chi connectivity index (χ2v) is 3.47. The summed E-state index contributed by atoms with van der Waals surface area (Å²) >= 11 is 0. The summed E-state index contributed by atoms with van der Waals surface area (Å²) in [5, 5.41) is 11.3. The minimum absolute atomic E-state index is 0.376. The van der Waals surface area contributed by atoms with Gasteiger partial charge in [0.25, 0.3) is 0 Å². The number of amides is 3. The van der Waals surface area contributed by atoms with Gasteiger partial charge in [0.2, 0.25) is 5.91 Å².